The van der Waals surface area contributed by atoms with Gasteiger partial charge in [0.05, 0.1) is 24.6 Å². The number of pyridine rings is 1. The largest absolute Gasteiger partial charge is 0.372 e. The van der Waals surface area contributed by atoms with Gasteiger partial charge in [0.25, 0.3) is 5.56 Å². The first-order valence-electron chi connectivity index (χ1n) is 11.0. The van der Waals surface area contributed by atoms with E-state index in [-0.39, 0.29) is 24.0 Å². The summed E-state index contributed by atoms with van der Waals surface area (Å²) in [7, 11) is 4.12. The molecule has 0 radical (unpaired) electrons. The summed E-state index contributed by atoms with van der Waals surface area (Å²) < 4.78 is 14.2. The minimum absolute atomic E-state index is 0.0119. The molecule has 1 aliphatic rings. The van der Waals surface area contributed by atoms with E-state index in [9.17, 15) is 14.0 Å². The second-order valence-electron chi connectivity index (χ2n) is 8.47. The first-order chi connectivity index (χ1) is 16.4. The number of carbonyl (C=O) groups excluding carboxylic acids is 1. The van der Waals surface area contributed by atoms with Gasteiger partial charge in [0.1, 0.15) is 17.8 Å². The Morgan fingerprint density at radius 1 is 1.24 bits per heavy atom. The lowest BCUT2D eigenvalue weighted by atomic mass is 9.96. The summed E-state index contributed by atoms with van der Waals surface area (Å²) in [5.74, 6) is -0.287. The summed E-state index contributed by atoms with van der Waals surface area (Å²) in [5.41, 5.74) is 4.20. The normalized spacial score (nSPS) is 14.8. The fraction of sp³-hybridized carbons (Fsp3) is 0.280. The molecule has 0 saturated carbocycles. The van der Waals surface area contributed by atoms with E-state index in [4.69, 9.17) is 0 Å². The molecule has 0 fully saturated rings. The molecule has 176 valence electrons. The molecule has 1 aromatic carbocycles. The SMILES string of the molecule is CN(C)Cc1cc2cnccc2[nH]1.O=CCn1cnc2c(c1=O)NC(c1ccc(F)cc1)CC2. The van der Waals surface area contributed by atoms with Crippen molar-refractivity contribution in [1.29, 1.82) is 0 Å². The van der Waals surface area contributed by atoms with E-state index in [2.05, 4.69) is 45.3 Å². The number of aromatic nitrogens is 4. The van der Waals surface area contributed by atoms with Crippen molar-refractivity contribution in [2.75, 3.05) is 19.4 Å². The number of benzene rings is 1. The Hall–Kier alpha value is -3.85. The van der Waals surface area contributed by atoms with Gasteiger partial charge in [-0.2, -0.15) is 0 Å². The number of aromatic amines is 1. The molecule has 8 nitrogen and oxygen atoms in total. The minimum Gasteiger partial charge on any atom is -0.372 e. The average molecular weight is 463 g/mol. The lowest BCUT2D eigenvalue weighted by Crippen LogP contribution is -2.31. The molecule has 2 N–H and O–H groups in total. The Morgan fingerprint density at radius 2 is 2.03 bits per heavy atom. The predicted octanol–water partition coefficient (Wildman–Crippen LogP) is 3.31. The van der Waals surface area contributed by atoms with E-state index in [1.807, 2.05) is 12.3 Å². The van der Waals surface area contributed by atoms with Crippen LogP contribution in [0.25, 0.3) is 10.9 Å². The molecule has 4 heterocycles. The third-order valence-electron chi connectivity index (χ3n) is 5.61. The average Bonchev–Trinajstić information content (AvgIpc) is 3.23. The molecule has 0 bridgehead atoms. The number of H-pyrrole nitrogens is 1. The number of aryl methyl sites for hydroxylation is 1. The van der Waals surface area contributed by atoms with Crippen molar-refractivity contribution in [1.82, 2.24) is 24.4 Å². The molecule has 0 amide bonds. The quantitative estimate of drug-likeness (QED) is 0.442. The minimum atomic E-state index is -0.287. The van der Waals surface area contributed by atoms with Crippen LogP contribution in [0.3, 0.4) is 0 Å². The Bertz CT molecular complexity index is 1300. The first-order valence-corrected chi connectivity index (χ1v) is 11.0. The molecule has 0 spiro atoms. The zero-order valence-corrected chi connectivity index (χ0v) is 19.2. The van der Waals surface area contributed by atoms with Crippen LogP contribution in [0.4, 0.5) is 10.1 Å². The van der Waals surface area contributed by atoms with Gasteiger partial charge in [-0.15, -0.1) is 0 Å². The highest BCUT2D eigenvalue weighted by Gasteiger charge is 2.23. The smallest absolute Gasteiger partial charge is 0.277 e. The molecular weight excluding hydrogens is 435 g/mol. The summed E-state index contributed by atoms with van der Waals surface area (Å²) in [6.07, 6.45) is 7.19. The Kier molecular flexibility index (Phi) is 7.12. The van der Waals surface area contributed by atoms with Crippen molar-refractivity contribution < 1.29 is 9.18 Å². The van der Waals surface area contributed by atoms with Gasteiger partial charge >= 0.3 is 0 Å². The van der Waals surface area contributed by atoms with E-state index in [1.165, 1.54) is 34.1 Å². The van der Waals surface area contributed by atoms with Crippen molar-refractivity contribution >= 4 is 22.9 Å². The standard InChI is InChI=1S/C15H14FN3O2.C10H13N3/c16-11-3-1-10(2-4-11)12-5-6-13-14(18-12)15(21)19(7-8-20)9-17-13;1-13(2)7-9-5-8-6-11-4-3-10(8)12-9/h1-4,8-9,12,18H,5-7H2;3-6,12H,7H2,1-2H3. The fourth-order valence-corrected chi connectivity index (χ4v) is 4.00. The zero-order valence-electron chi connectivity index (χ0n) is 19.2. The van der Waals surface area contributed by atoms with Crippen LogP contribution in [0.1, 0.15) is 29.4 Å². The number of nitrogens with zero attached hydrogens (tertiary/aromatic N) is 4. The van der Waals surface area contributed by atoms with Crippen molar-refractivity contribution in [2.45, 2.75) is 32.0 Å². The van der Waals surface area contributed by atoms with E-state index in [1.54, 1.807) is 18.3 Å². The first kappa shape index (κ1) is 23.3. The highest BCUT2D eigenvalue weighted by Crippen LogP contribution is 2.29. The van der Waals surface area contributed by atoms with Gasteiger partial charge in [0.15, 0.2) is 0 Å². The number of halogens is 1. The fourth-order valence-electron chi connectivity index (χ4n) is 4.00. The number of rotatable bonds is 5. The van der Waals surface area contributed by atoms with Gasteiger partial charge in [-0.3, -0.25) is 14.3 Å². The molecule has 3 aromatic heterocycles. The molecule has 1 unspecified atom stereocenters. The second-order valence-corrected chi connectivity index (χ2v) is 8.47. The Balaban J connectivity index is 0.000000180. The Morgan fingerprint density at radius 3 is 2.74 bits per heavy atom. The van der Waals surface area contributed by atoms with Crippen LogP contribution in [-0.4, -0.2) is 44.8 Å². The highest BCUT2D eigenvalue weighted by atomic mass is 19.1. The van der Waals surface area contributed by atoms with Crippen molar-refractivity contribution in [2.24, 2.45) is 0 Å². The predicted molar refractivity (Wildman–Crippen MR) is 129 cm³/mol. The maximum absolute atomic E-state index is 13.0. The molecule has 5 rings (SSSR count). The number of carbonyl (C=O) groups is 1. The molecule has 0 saturated heterocycles. The lowest BCUT2D eigenvalue weighted by molar-refractivity contribution is -0.108. The van der Waals surface area contributed by atoms with Crippen LogP contribution in [0.2, 0.25) is 0 Å². The number of anilines is 1. The van der Waals surface area contributed by atoms with Crippen molar-refractivity contribution in [3.05, 3.63) is 88.2 Å². The van der Waals surface area contributed by atoms with Gasteiger partial charge < -0.3 is 20.0 Å². The summed E-state index contributed by atoms with van der Waals surface area (Å²) in [6, 6.07) is 10.3. The monoisotopic (exact) mass is 462 g/mol. The third-order valence-corrected chi connectivity index (χ3v) is 5.61. The Labute approximate surface area is 196 Å². The van der Waals surface area contributed by atoms with E-state index in [0.717, 1.165) is 24.0 Å². The maximum atomic E-state index is 13.0. The molecule has 4 aromatic rings. The van der Waals surface area contributed by atoms with Gasteiger partial charge in [0.2, 0.25) is 0 Å². The summed E-state index contributed by atoms with van der Waals surface area (Å²) in [6.45, 7) is 0.927. The van der Waals surface area contributed by atoms with E-state index >= 15 is 0 Å². The number of hydrogen-bond donors (Lipinski definition) is 2. The molecule has 9 heteroatoms. The van der Waals surface area contributed by atoms with Crippen LogP contribution < -0.4 is 10.9 Å². The number of hydrogen-bond acceptors (Lipinski definition) is 6. The van der Waals surface area contributed by atoms with E-state index < -0.39 is 0 Å². The van der Waals surface area contributed by atoms with Crippen molar-refractivity contribution in [3.63, 3.8) is 0 Å². The van der Waals surface area contributed by atoms with Gasteiger partial charge in [-0.25, -0.2) is 9.37 Å². The zero-order chi connectivity index (χ0) is 24.1. The third kappa shape index (κ3) is 5.37. The highest BCUT2D eigenvalue weighted by molar-refractivity contribution is 5.79. The molecule has 0 aliphatic carbocycles. The maximum Gasteiger partial charge on any atom is 0.277 e. The van der Waals surface area contributed by atoms with Gasteiger partial charge in [-0.05, 0) is 56.8 Å². The summed E-state index contributed by atoms with van der Waals surface area (Å²) in [4.78, 5) is 36.6. The van der Waals surface area contributed by atoms with Crippen LogP contribution in [0, 0.1) is 5.82 Å². The van der Waals surface area contributed by atoms with Crippen LogP contribution in [-0.2, 0) is 24.3 Å². The topological polar surface area (TPSA) is 95.9 Å². The molecule has 1 atom stereocenters. The second kappa shape index (κ2) is 10.4. The lowest BCUT2D eigenvalue weighted by Gasteiger charge is -2.26. The molecular formula is C25H27FN6O2. The van der Waals surface area contributed by atoms with Crippen LogP contribution in [0.5, 0.6) is 0 Å². The number of aldehydes is 1. The number of nitrogens with one attached hydrogen (secondary N) is 2. The van der Waals surface area contributed by atoms with Gasteiger partial charge in [0, 0.05) is 35.5 Å². The molecule has 1 aliphatic heterocycles. The molecule has 34 heavy (non-hydrogen) atoms. The van der Waals surface area contributed by atoms with Crippen LogP contribution >= 0.6 is 0 Å². The van der Waals surface area contributed by atoms with Crippen LogP contribution in [0.15, 0.2) is 59.9 Å². The van der Waals surface area contributed by atoms with E-state index in [0.29, 0.717) is 24.1 Å². The van der Waals surface area contributed by atoms with Gasteiger partial charge in [-0.1, -0.05) is 12.1 Å². The van der Waals surface area contributed by atoms with Crippen molar-refractivity contribution in [3.8, 4) is 0 Å². The summed E-state index contributed by atoms with van der Waals surface area (Å²) in [5, 5.41) is 4.35. The summed E-state index contributed by atoms with van der Waals surface area (Å²) >= 11 is 0. The number of fused-ring (bicyclic) bond motifs is 2.